The lowest BCUT2D eigenvalue weighted by Crippen LogP contribution is -2.50. The number of amides is 2. The van der Waals surface area contributed by atoms with Crippen LogP contribution in [0, 0.1) is 6.92 Å². The summed E-state index contributed by atoms with van der Waals surface area (Å²) in [6, 6.07) is 15.5. The summed E-state index contributed by atoms with van der Waals surface area (Å²) in [7, 11) is 1.78. The van der Waals surface area contributed by atoms with E-state index in [1.165, 1.54) is 5.56 Å². The molecule has 3 heterocycles. The molecule has 1 aliphatic rings. The van der Waals surface area contributed by atoms with Gasteiger partial charge in [0.2, 0.25) is 11.7 Å². The van der Waals surface area contributed by atoms with E-state index >= 15 is 0 Å². The van der Waals surface area contributed by atoms with Crippen molar-refractivity contribution in [1.29, 1.82) is 0 Å². The van der Waals surface area contributed by atoms with Crippen molar-refractivity contribution in [2.45, 2.75) is 19.8 Å². The highest BCUT2D eigenvalue weighted by atomic mass is 16.5. The predicted molar refractivity (Wildman–Crippen MR) is 134 cm³/mol. The minimum absolute atomic E-state index is 0.0996. The summed E-state index contributed by atoms with van der Waals surface area (Å²) in [6.07, 6.45) is 1.66. The Morgan fingerprint density at radius 3 is 2.61 bits per heavy atom. The molecule has 1 saturated heterocycles. The van der Waals surface area contributed by atoms with Crippen molar-refractivity contribution in [3.63, 3.8) is 0 Å². The van der Waals surface area contributed by atoms with Gasteiger partial charge in [-0.25, -0.2) is 9.48 Å². The third-order valence-corrected chi connectivity index (χ3v) is 6.29. The number of piperazine rings is 1. The lowest BCUT2D eigenvalue weighted by molar-refractivity contribution is 0.146. The van der Waals surface area contributed by atoms with Crippen molar-refractivity contribution in [3.05, 3.63) is 60.0 Å². The first-order valence-corrected chi connectivity index (χ1v) is 12.1. The van der Waals surface area contributed by atoms with Crippen LogP contribution in [0.25, 0.3) is 22.8 Å². The summed E-state index contributed by atoms with van der Waals surface area (Å²) in [5.74, 6) is 1.93. The number of hydrogen-bond acceptors (Lipinski definition) is 8. The number of rotatable bonds is 7. The molecule has 0 aliphatic carbocycles. The van der Waals surface area contributed by atoms with Crippen molar-refractivity contribution in [3.8, 4) is 22.8 Å². The Labute approximate surface area is 209 Å². The smallest absolute Gasteiger partial charge is 0.321 e. The van der Waals surface area contributed by atoms with Crippen molar-refractivity contribution in [2.24, 2.45) is 7.05 Å². The maximum absolute atomic E-state index is 12.8. The van der Waals surface area contributed by atoms with Gasteiger partial charge in [-0.2, -0.15) is 4.98 Å². The second-order valence-electron chi connectivity index (χ2n) is 8.95. The van der Waals surface area contributed by atoms with Gasteiger partial charge in [0.15, 0.2) is 5.82 Å². The minimum atomic E-state index is -0.0996. The van der Waals surface area contributed by atoms with E-state index in [-0.39, 0.29) is 6.03 Å². The Morgan fingerprint density at radius 1 is 1.06 bits per heavy atom. The Hall–Kier alpha value is -4.12. The van der Waals surface area contributed by atoms with E-state index in [2.05, 4.69) is 42.8 Å². The largest absolute Gasteiger partial charge is 0.339 e. The van der Waals surface area contributed by atoms with Crippen molar-refractivity contribution in [1.82, 2.24) is 40.1 Å². The van der Waals surface area contributed by atoms with E-state index in [4.69, 9.17) is 4.52 Å². The number of nitrogens with zero attached hydrogens (tertiary/aromatic N) is 8. The summed E-state index contributed by atoms with van der Waals surface area (Å²) in [4.78, 5) is 21.5. The molecule has 1 aliphatic heterocycles. The molecule has 4 aromatic rings. The summed E-state index contributed by atoms with van der Waals surface area (Å²) < 4.78 is 7.03. The van der Waals surface area contributed by atoms with Crippen LogP contribution in [0.3, 0.4) is 0 Å². The summed E-state index contributed by atoms with van der Waals surface area (Å²) in [6.45, 7) is 5.99. The Balaban J connectivity index is 1.06. The van der Waals surface area contributed by atoms with Gasteiger partial charge in [-0.05, 0) is 42.4 Å². The predicted octanol–water partition coefficient (Wildman–Crippen LogP) is 3.02. The zero-order valence-corrected chi connectivity index (χ0v) is 20.5. The molecule has 0 unspecified atom stereocenters. The zero-order valence-electron chi connectivity index (χ0n) is 20.5. The van der Waals surface area contributed by atoms with Crippen LogP contribution in [0.5, 0.6) is 0 Å². The third kappa shape index (κ3) is 5.57. The number of carbonyl (C=O) groups excluding carboxylic acids is 1. The van der Waals surface area contributed by atoms with E-state index in [1.54, 1.807) is 11.7 Å². The highest BCUT2D eigenvalue weighted by molar-refractivity contribution is 5.90. The second-order valence-corrected chi connectivity index (χ2v) is 8.95. The molecule has 5 rings (SSSR count). The monoisotopic (exact) mass is 487 g/mol. The highest BCUT2D eigenvalue weighted by Gasteiger charge is 2.21. The number of aryl methyl sites for hydroxylation is 3. The summed E-state index contributed by atoms with van der Waals surface area (Å²) >= 11 is 0. The van der Waals surface area contributed by atoms with Gasteiger partial charge in [0.05, 0.1) is 0 Å². The van der Waals surface area contributed by atoms with Gasteiger partial charge in [-0.3, -0.25) is 4.90 Å². The molecule has 0 atom stereocenters. The number of nitrogens with one attached hydrogen (secondary N) is 1. The minimum Gasteiger partial charge on any atom is -0.339 e. The molecule has 11 nitrogen and oxygen atoms in total. The topological polar surface area (TPSA) is 118 Å². The van der Waals surface area contributed by atoms with Gasteiger partial charge in [0.25, 0.3) is 0 Å². The van der Waals surface area contributed by atoms with Gasteiger partial charge in [-0.1, -0.05) is 47.1 Å². The van der Waals surface area contributed by atoms with Gasteiger partial charge in [0.1, 0.15) is 0 Å². The van der Waals surface area contributed by atoms with Crippen LogP contribution in [-0.2, 0) is 13.5 Å². The third-order valence-electron chi connectivity index (χ3n) is 6.29. The number of aromatic nitrogens is 6. The fourth-order valence-corrected chi connectivity index (χ4v) is 4.22. The van der Waals surface area contributed by atoms with Crippen LogP contribution in [0.1, 0.15) is 17.9 Å². The van der Waals surface area contributed by atoms with E-state index in [1.807, 2.05) is 53.4 Å². The molecule has 0 spiro atoms. The fraction of sp³-hybridized carbons (Fsp3) is 0.360. The van der Waals surface area contributed by atoms with E-state index in [0.717, 1.165) is 43.6 Å². The number of carbonyl (C=O) groups is 1. The van der Waals surface area contributed by atoms with Gasteiger partial charge in [-0.15, -0.1) is 5.10 Å². The van der Waals surface area contributed by atoms with Gasteiger partial charge >= 0.3 is 6.03 Å². The number of tetrazole rings is 1. The maximum atomic E-state index is 12.8. The van der Waals surface area contributed by atoms with Gasteiger partial charge < -0.3 is 14.7 Å². The molecule has 11 heteroatoms. The molecule has 1 fully saturated rings. The SMILES string of the molecule is Cc1ccc(-c2noc(CCCN3CCN(C(=O)Nc4cccc(-c5nnnn5C)c4)CC3)n2)cc1. The number of hydrogen-bond donors (Lipinski definition) is 1. The number of benzene rings is 2. The van der Waals surface area contributed by atoms with Crippen molar-refractivity contribution in [2.75, 3.05) is 38.0 Å². The average molecular weight is 488 g/mol. The first-order chi connectivity index (χ1) is 17.5. The van der Waals surface area contributed by atoms with Crippen LogP contribution < -0.4 is 5.32 Å². The van der Waals surface area contributed by atoms with E-state index in [0.29, 0.717) is 36.3 Å². The Kier molecular flexibility index (Phi) is 6.99. The number of urea groups is 1. The lowest BCUT2D eigenvalue weighted by atomic mass is 10.1. The molecule has 36 heavy (non-hydrogen) atoms. The van der Waals surface area contributed by atoms with Crippen LogP contribution in [-0.4, -0.2) is 78.9 Å². The fourth-order valence-electron chi connectivity index (χ4n) is 4.22. The first kappa shape index (κ1) is 23.6. The molecule has 186 valence electrons. The molecule has 0 radical (unpaired) electrons. The molecule has 1 N–H and O–H groups in total. The zero-order chi connectivity index (χ0) is 24.9. The normalized spacial score (nSPS) is 14.2. The van der Waals surface area contributed by atoms with Gasteiger partial charge in [0, 0.05) is 56.5 Å². The molecule has 2 aromatic carbocycles. The molecule has 2 amide bonds. The lowest BCUT2D eigenvalue weighted by Gasteiger charge is -2.34. The second kappa shape index (κ2) is 10.6. The first-order valence-electron chi connectivity index (χ1n) is 12.1. The molecular formula is C25H29N9O2. The average Bonchev–Trinajstić information content (AvgIpc) is 3.54. The molecular weight excluding hydrogens is 458 g/mol. The maximum Gasteiger partial charge on any atom is 0.321 e. The van der Waals surface area contributed by atoms with Crippen molar-refractivity contribution < 1.29 is 9.32 Å². The molecule has 2 aromatic heterocycles. The quantitative estimate of drug-likeness (QED) is 0.423. The highest BCUT2D eigenvalue weighted by Crippen LogP contribution is 2.20. The number of anilines is 1. The summed E-state index contributed by atoms with van der Waals surface area (Å²) in [5.41, 5.74) is 3.72. The van der Waals surface area contributed by atoms with Crippen LogP contribution in [0.2, 0.25) is 0 Å². The van der Waals surface area contributed by atoms with Crippen LogP contribution >= 0.6 is 0 Å². The molecule has 0 bridgehead atoms. The van der Waals surface area contributed by atoms with E-state index in [9.17, 15) is 4.79 Å². The summed E-state index contributed by atoms with van der Waals surface area (Å²) in [5, 5.41) is 18.7. The Morgan fingerprint density at radius 2 is 1.86 bits per heavy atom. The standard InChI is InChI=1S/C25H29N9O2/c1-18-8-10-19(11-9-18)23-27-22(36-29-23)7-4-12-33-13-15-34(16-14-33)25(35)26-21-6-3-5-20(17-21)24-28-30-31-32(24)2/h3,5-6,8-11,17H,4,7,12-16H2,1-2H3,(H,26,35). The van der Waals surface area contributed by atoms with Crippen molar-refractivity contribution >= 4 is 11.7 Å². The van der Waals surface area contributed by atoms with Crippen LogP contribution in [0.15, 0.2) is 53.1 Å². The Bertz CT molecular complexity index is 1310. The van der Waals surface area contributed by atoms with E-state index < -0.39 is 0 Å². The van der Waals surface area contributed by atoms with Crippen LogP contribution in [0.4, 0.5) is 10.5 Å². The molecule has 0 saturated carbocycles.